The zero-order valence-electron chi connectivity index (χ0n) is 7.63. The predicted octanol–water partition coefficient (Wildman–Crippen LogP) is 0.604. The molecule has 0 spiro atoms. The van der Waals surface area contributed by atoms with Crippen molar-refractivity contribution >= 4 is 10.1 Å². The van der Waals surface area contributed by atoms with Crippen molar-refractivity contribution in [2.75, 3.05) is 12.8 Å². The summed E-state index contributed by atoms with van der Waals surface area (Å²) in [6, 6.07) is 2.18. The number of hydrogen-bond acceptors (Lipinski definition) is 2. The molecule has 12 heavy (non-hydrogen) atoms. The van der Waals surface area contributed by atoms with Gasteiger partial charge >= 0.3 is 0 Å². The van der Waals surface area contributed by atoms with Gasteiger partial charge in [-0.25, -0.2) is 0 Å². The Balaban J connectivity index is 2.96. The van der Waals surface area contributed by atoms with Crippen molar-refractivity contribution in [2.45, 2.75) is 30.9 Å². The Morgan fingerprint density at radius 2 is 2.25 bits per heavy atom. The lowest BCUT2D eigenvalue weighted by Crippen LogP contribution is -2.46. The normalized spacial score (nSPS) is 37.8. The summed E-state index contributed by atoms with van der Waals surface area (Å²) in [5.41, 5.74) is 0. The molecule has 70 valence electrons. The number of hydrogen-bond donors (Lipinski definition) is 2. The largest absolute Gasteiger partial charge is 0.270 e. The van der Waals surface area contributed by atoms with Crippen LogP contribution in [0.4, 0.5) is 0 Å². The molecule has 0 saturated carbocycles. The molecule has 0 amide bonds. The van der Waals surface area contributed by atoms with Crippen LogP contribution < -0.4 is 4.72 Å². The van der Waals surface area contributed by atoms with Gasteiger partial charge in [-0.05, 0) is 36.3 Å². The molecule has 0 radical (unpaired) electrons. The van der Waals surface area contributed by atoms with Gasteiger partial charge in [0.05, 0.1) is 6.07 Å². The number of rotatable bonds is 0. The van der Waals surface area contributed by atoms with E-state index in [1.54, 1.807) is 13.2 Å². The van der Waals surface area contributed by atoms with Crippen LogP contribution >= 0.6 is 0 Å². The molecule has 0 aromatic rings. The molecule has 1 aliphatic rings. The van der Waals surface area contributed by atoms with Crippen molar-refractivity contribution in [3.8, 4) is 6.07 Å². The molecule has 3 nitrogen and oxygen atoms in total. The number of nitriles is 1. The number of thiol groups is 1. The molecule has 1 aliphatic heterocycles. The van der Waals surface area contributed by atoms with Gasteiger partial charge in [0.2, 0.25) is 0 Å². The summed E-state index contributed by atoms with van der Waals surface area (Å²) < 4.78 is 14.4. The van der Waals surface area contributed by atoms with Gasteiger partial charge in [-0.3, -0.25) is 8.93 Å². The number of nitrogens with one attached hydrogen (secondary N) is 1. The van der Waals surface area contributed by atoms with Gasteiger partial charge in [0.25, 0.3) is 0 Å². The molecule has 1 fully saturated rings. The first-order valence-electron chi connectivity index (χ1n) is 4.26. The topological polar surface area (TPSA) is 52.9 Å². The molecule has 1 N–H and O–H groups in total. The Labute approximate surface area is 74.7 Å². The van der Waals surface area contributed by atoms with Crippen LogP contribution in [0.3, 0.4) is 0 Å². The standard InChI is InChI=1S/C8H16N2OS/c1-8(7-9)5-3-4-6-10-12(8,2)11/h12H,3-6H2,1-2H3,(H,10,11). The fourth-order valence-corrected chi connectivity index (χ4v) is 3.14. The van der Waals surface area contributed by atoms with E-state index < -0.39 is 14.9 Å². The molecule has 1 unspecified atom stereocenters. The highest BCUT2D eigenvalue weighted by Crippen LogP contribution is 2.28. The minimum atomic E-state index is -2.46. The van der Waals surface area contributed by atoms with Crippen LogP contribution in [-0.4, -0.2) is 21.8 Å². The van der Waals surface area contributed by atoms with Crippen molar-refractivity contribution < 1.29 is 4.21 Å². The van der Waals surface area contributed by atoms with Gasteiger partial charge in [0.15, 0.2) is 0 Å². The van der Waals surface area contributed by atoms with Crippen LogP contribution in [-0.2, 0) is 10.1 Å². The first-order valence-corrected chi connectivity index (χ1v) is 6.41. The number of nitrogens with zero attached hydrogens (tertiary/aromatic N) is 1. The van der Waals surface area contributed by atoms with E-state index in [-0.39, 0.29) is 0 Å². The molecule has 0 aliphatic carbocycles. The summed E-state index contributed by atoms with van der Waals surface area (Å²) in [5, 5.41) is 8.95. The summed E-state index contributed by atoms with van der Waals surface area (Å²) in [7, 11) is -2.46. The zero-order chi connectivity index (χ0) is 9.24. The zero-order valence-corrected chi connectivity index (χ0v) is 8.53. The molecule has 1 atom stereocenters. The van der Waals surface area contributed by atoms with E-state index in [9.17, 15) is 4.21 Å². The van der Waals surface area contributed by atoms with Crippen LogP contribution in [0.2, 0.25) is 0 Å². The van der Waals surface area contributed by atoms with E-state index in [4.69, 9.17) is 5.26 Å². The van der Waals surface area contributed by atoms with Crippen LogP contribution in [0.5, 0.6) is 0 Å². The second-order valence-electron chi connectivity index (χ2n) is 3.68. The minimum Gasteiger partial charge on any atom is -0.270 e. The predicted molar refractivity (Wildman–Crippen MR) is 51.3 cm³/mol. The van der Waals surface area contributed by atoms with Gasteiger partial charge in [-0.15, -0.1) is 0 Å². The van der Waals surface area contributed by atoms with Crippen LogP contribution in [0.1, 0.15) is 26.2 Å². The first kappa shape index (κ1) is 9.69. The maximum absolute atomic E-state index is 12.0. The molecule has 1 saturated heterocycles. The minimum absolute atomic E-state index is 0.649. The van der Waals surface area contributed by atoms with Gasteiger partial charge in [0, 0.05) is 12.8 Å². The summed E-state index contributed by atoms with van der Waals surface area (Å²) >= 11 is 0. The second kappa shape index (κ2) is 3.15. The molecular weight excluding hydrogens is 172 g/mol. The lowest BCUT2D eigenvalue weighted by molar-refractivity contribution is 0.611. The molecule has 4 heteroatoms. The molecule has 1 heterocycles. The highest BCUT2D eigenvalue weighted by atomic mass is 32.3. The summed E-state index contributed by atoms with van der Waals surface area (Å²) in [6.45, 7) is 2.58. The molecule has 1 rings (SSSR count). The smallest absolute Gasteiger partial charge is 0.118 e. The quantitative estimate of drug-likeness (QED) is 0.547. The maximum Gasteiger partial charge on any atom is 0.118 e. The highest BCUT2D eigenvalue weighted by Gasteiger charge is 2.36. The van der Waals surface area contributed by atoms with Crippen molar-refractivity contribution in [2.24, 2.45) is 0 Å². The van der Waals surface area contributed by atoms with Gasteiger partial charge in [-0.2, -0.15) is 5.26 Å². The summed E-state index contributed by atoms with van der Waals surface area (Å²) in [6.07, 6.45) is 4.45. The van der Waals surface area contributed by atoms with E-state index >= 15 is 0 Å². The molecular formula is C8H16N2OS. The third-order valence-electron chi connectivity index (χ3n) is 2.69. The maximum atomic E-state index is 12.0. The van der Waals surface area contributed by atoms with Gasteiger partial charge in [0.1, 0.15) is 4.75 Å². The Hall–Kier alpha value is -0.400. The summed E-state index contributed by atoms with van der Waals surface area (Å²) in [5.74, 6) is 0. The average Bonchev–Trinajstić information content (AvgIpc) is 2.13. The Morgan fingerprint density at radius 1 is 1.58 bits per heavy atom. The van der Waals surface area contributed by atoms with Crippen LogP contribution in [0.25, 0.3) is 0 Å². The lowest BCUT2D eigenvalue weighted by Gasteiger charge is -2.32. The monoisotopic (exact) mass is 188 g/mol. The van der Waals surface area contributed by atoms with E-state index in [0.717, 1.165) is 25.8 Å². The summed E-state index contributed by atoms with van der Waals surface area (Å²) in [4.78, 5) is 0. The van der Waals surface area contributed by atoms with Crippen molar-refractivity contribution in [1.29, 1.82) is 5.26 Å². The Kier molecular flexibility index (Phi) is 2.55. The van der Waals surface area contributed by atoms with E-state index in [1.165, 1.54) is 0 Å². The Morgan fingerprint density at radius 3 is 2.83 bits per heavy atom. The molecule has 0 bridgehead atoms. The Bertz CT molecular complexity index is 258. The fraction of sp³-hybridized carbons (Fsp3) is 0.875. The first-order chi connectivity index (χ1) is 5.52. The van der Waals surface area contributed by atoms with E-state index in [0.29, 0.717) is 0 Å². The van der Waals surface area contributed by atoms with Crippen molar-refractivity contribution in [1.82, 2.24) is 4.72 Å². The van der Waals surface area contributed by atoms with Gasteiger partial charge in [-0.1, -0.05) is 0 Å². The third-order valence-corrected chi connectivity index (χ3v) is 5.72. The van der Waals surface area contributed by atoms with Crippen molar-refractivity contribution in [3.63, 3.8) is 0 Å². The van der Waals surface area contributed by atoms with E-state index in [1.807, 2.05) is 0 Å². The van der Waals surface area contributed by atoms with E-state index in [2.05, 4.69) is 10.8 Å². The third kappa shape index (κ3) is 1.52. The fourth-order valence-electron chi connectivity index (χ4n) is 1.43. The average molecular weight is 188 g/mol. The molecule has 0 aromatic heterocycles. The van der Waals surface area contributed by atoms with Gasteiger partial charge < -0.3 is 0 Å². The van der Waals surface area contributed by atoms with Crippen molar-refractivity contribution in [3.05, 3.63) is 0 Å². The second-order valence-corrected chi connectivity index (χ2v) is 6.83. The van der Waals surface area contributed by atoms with Crippen LogP contribution in [0.15, 0.2) is 0 Å². The highest BCUT2D eigenvalue weighted by molar-refractivity contribution is 8.02. The SMILES string of the molecule is CC1(C#N)CCCCN[SH]1(C)=O. The lowest BCUT2D eigenvalue weighted by atomic mass is 10.1. The van der Waals surface area contributed by atoms with Crippen LogP contribution in [0, 0.1) is 11.3 Å². The molecule has 0 aromatic carbocycles.